The van der Waals surface area contributed by atoms with E-state index in [9.17, 15) is 4.39 Å². The molecule has 2 aromatic rings. The van der Waals surface area contributed by atoms with Crippen molar-refractivity contribution < 1.29 is 13.9 Å². The first-order chi connectivity index (χ1) is 13.6. The first-order valence-corrected chi connectivity index (χ1v) is 9.84. The van der Waals surface area contributed by atoms with Crippen molar-refractivity contribution in [3.05, 3.63) is 30.2 Å². The topological polar surface area (TPSA) is 71.5 Å². The van der Waals surface area contributed by atoms with Crippen LogP contribution in [0.15, 0.2) is 24.4 Å². The van der Waals surface area contributed by atoms with E-state index in [1.54, 1.807) is 0 Å². The van der Waals surface area contributed by atoms with E-state index in [2.05, 4.69) is 60.2 Å². The van der Waals surface area contributed by atoms with Gasteiger partial charge in [0.2, 0.25) is 12.7 Å². The lowest BCUT2D eigenvalue weighted by molar-refractivity contribution is -0.00778. The molecule has 0 amide bonds. The van der Waals surface area contributed by atoms with Crippen LogP contribution in [0.4, 0.5) is 21.8 Å². The predicted molar refractivity (Wildman–Crippen MR) is 110 cm³/mol. The van der Waals surface area contributed by atoms with Crippen LogP contribution < -0.4 is 20.1 Å². The molecule has 0 bridgehead atoms. The molecule has 0 aliphatic carbocycles. The van der Waals surface area contributed by atoms with Crippen LogP contribution in [0.25, 0.3) is 0 Å². The number of nitrogens with zero attached hydrogens (tertiary/aromatic N) is 3. The highest BCUT2D eigenvalue weighted by molar-refractivity contribution is 5.61. The molecule has 156 valence electrons. The highest BCUT2D eigenvalue weighted by atomic mass is 19.1. The molecule has 0 unspecified atom stereocenters. The SMILES string of the molecule is CN1C(C)(C)CC(Nc2nc(Nc3ccc4c(c3)OCO4)ncc2F)CC1(C)C. The first-order valence-electron chi connectivity index (χ1n) is 9.84. The van der Waals surface area contributed by atoms with Crippen molar-refractivity contribution >= 4 is 17.5 Å². The fourth-order valence-electron chi connectivity index (χ4n) is 4.30. The van der Waals surface area contributed by atoms with E-state index < -0.39 is 5.82 Å². The van der Waals surface area contributed by atoms with Crippen molar-refractivity contribution in [3.63, 3.8) is 0 Å². The highest BCUT2D eigenvalue weighted by Crippen LogP contribution is 2.38. The highest BCUT2D eigenvalue weighted by Gasteiger charge is 2.43. The minimum Gasteiger partial charge on any atom is -0.454 e. The number of halogens is 1. The summed E-state index contributed by atoms with van der Waals surface area (Å²) in [4.78, 5) is 10.8. The normalized spacial score (nSPS) is 20.5. The number of anilines is 3. The van der Waals surface area contributed by atoms with Gasteiger partial charge in [-0.1, -0.05) is 0 Å². The lowest BCUT2D eigenvalue weighted by Crippen LogP contribution is -2.61. The van der Waals surface area contributed by atoms with Crippen LogP contribution in [0.2, 0.25) is 0 Å². The maximum absolute atomic E-state index is 14.4. The van der Waals surface area contributed by atoms with Gasteiger partial charge in [0.1, 0.15) is 0 Å². The zero-order valence-electron chi connectivity index (χ0n) is 17.5. The molecule has 1 saturated heterocycles. The van der Waals surface area contributed by atoms with Crippen molar-refractivity contribution in [2.24, 2.45) is 0 Å². The van der Waals surface area contributed by atoms with Gasteiger partial charge in [-0.3, -0.25) is 4.90 Å². The Bertz CT molecular complexity index is 900. The molecule has 0 atom stereocenters. The average Bonchev–Trinajstić information content (AvgIpc) is 3.10. The Morgan fingerprint density at radius 3 is 2.52 bits per heavy atom. The smallest absolute Gasteiger partial charge is 0.231 e. The second-order valence-corrected chi connectivity index (χ2v) is 9.02. The second kappa shape index (κ2) is 7.02. The van der Waals surface area contributed by atoms with Gasteiger partial charge in [0, 0.05) is 28.9 Å². The third kappa shape index (κ3) is 3.94. The van der Waals surface area contributed by atoms with E-state index in [4.69, 9.17) is 9.47 Å². The van der Waals surface area contributed by atoms with Gasteiger partial charge in [0.15, 0.2) is 23.1 Å². The van der Waals surface area contributed by atoms with E-state index in [1.807, 2.05) is 18.2 Å². The molecular weight excluding hydrogens is 373 g/mol. The number of hydrogen-bond acceptors (Lipinski definition) is 7. The summed E-state index contributed by atoms with van der Waals surface area (Å²) in [7, 11) is 2.15. The van der Waals surface area contributed by atoms with Gasteiger partial charge >= 0.3 is 0 Å². The molecule has 4 rings (SSSR count). The van der Waals surface area contributed by atoms with Crippen molar-refractivity contribution in [2.75, 3.05) is 24.5 Å². The molecule has 29 heavy (non-hydrogen) atoms. The van der Waals surface area contributed by atoms with Crippen molar-refractivity contribution in [2.45, 2.75) is 57.7 Å². The van der Waals surface area contributed by atoms with E-state index in [0.29, 0.717) is 17.4 Å². The number of benzene rings is 1. The summed E-state index contributed by atoms with van der Waals surface area (Å²) >= 11 is 0. The Labute approximate surface area is 170 Å². The lowest BCUT2D eigenvalue weighted by atomic mass is 9.77. The average molecular weight is 401 g/mol. The monoisotopic (exact) mass is 401 g/mol. The van der Waals surface area contributed by atoms with Crippen molar-refractivity contribution in [3.8, 4) is 11.5 Å². The lowest BCUT2D eigenvalue weighted by Gasteiger charge is -2.53. The third-order valence-electron chi connectivity index (χ3n) is 6.02. The van der Waals surface area contributed by atoms with Crippen LogP contribution >= 0.6 is 0 Å². The number of rotatable bonds is 4. The molecule has 0 radical (unpaired) electrons. The number of hydrogen-bond donors (Lipinski definition) is 2. The quantitative estimate of drug-likeness (QED) is 0.797. The molecule has 1 aromatic heterocycles. The number of fused-ring (bicyclic) bond motifs is 1. The predicted octanol–water partition coefficient (Wildman–Crippen LogP) is 4.15. The number of likely N-dealkylation sites (tertiary alicyclic amines) is 1. The molecule has 1 aromatic carbocycles. The second-order valence-electron chi connectivity index (χ2n) is 9.02. The maximum Gasteiger partial charge on any atom is 0.231 e. The van der Waals surface area contributed by atoms with E-state index in [0.717, 1.165) is 18.5 Å². The van der Waals surface area contributed by atoms with Crippen LogP contribution in [0, 0.1) is 5.82 Å². The number of nitrogens with one attached hydrogen (secondary N) is 2. The van der Waals surface area contributed by atoms with Crippen LogP contribution in [0.1, 0.15) is 40.5 Å². The zero-order chi connectivity index (χ0) is 20.8. The minimum absolute atomic E-state index is 0.00348. The summed E-state index contributed by atoms with van der Waals surface area (Å²) in [6, 6.07) is 5.58. The van der Waals surface area contributed by atoms with Gasteiger partial charge in [-0.2, -0.15) is 4.98 Å². The molecule has 1 fully saturated rings. The minimum atomic E-state index is -0.462. The Morgan fingerprint density at radius 1 is 1.10 bits per heavy atom. The molecule has 8 heteroatoms. The van der Waals surface area contributed by atoms with E-state index in [-0.39, 0.29) is 29.7 Å². The zero-order valence-corrected chi connectivity index (χ0v) is 17.5. The van der Waals surface area contributed by atoms with Crippen LogP contribution in [-0.2, 0) is 0 Å². The standard InChI is InChI=1S/C21H28FN5O2/c1-20(2)9-14(10-21(3,4)27(20)5)24-18-15(22)11-23-19(26-18)25-13-6-7-16-17(8-13)29-12-28-16/h6-8,11,14H,9-10,12H2,1-5H3,(H2,23,24,25,26). The van der Waals surface area contributed by atoms with Crippen LogP contribution in [0.3, 0.4) is 0 Å². The van der Waals surface area contributed by atoms with E-state index >= 15 is 0 Å². The van der Waals surface area contributed by atoms with Crippen molar-refractivity contribution in [1.82, 2.24) is 14.9 Å². The summed E-state index contributed by atoms with van der Waals surface area (Å²) in [6.07, 6.45) is 2.97. The number of piperidine rings is 1. The van der Waals surface area contributed by atoms with Gasteiger partial charge in [-0.15, -0.1) is 0 Å². The Morgan fingerprint density at radius 2 is 1.79 bits per heavy atom. The molecule has 0 saturated carbocycles. The molecule has 0 spiro atoms. The van der Waals surface area contributed by atoms with Gasteiger partial charge in [0.25, 0.3) is 0 Å². The van der Waals surface area contributed by atoms with Gasteiger partial charge in [0.05, 0.1) is 6.20 Å². The summed E-state index contributed by atoms with van der Waals surface area (Å²) < 4.78 is 25.2. The molecule has 3 heterocycles. The van der Waals surface area contributed by atoms with Crippen LogP contribution in [0.5, 0.6) is 11.5 Å². The summed E-state index contributed by atoms with van der Waals surface area (Å²) in [5.74, 6) is 1.43. The number of aromatic nitrogens is 2. The molecule has 2 N–H and O–H groups in total. The summed E-state index contributed by atoms with van der Waals surface area (Å²) in [5, 5.41) is 6.42. The molecular formula is C21H28FN5O2. The van der Waals surface area contributed by atoms with Crippen molar-refractivity contribution in [1.29, 1.82) is 0 Å². The fraction of sp³-hybridized carbons (Fsp3) is 0.524. The summed E-state index contributed by atoms with van der Waals surface area (Å²) in [5.41, 5.74) is 0.737. The van der Waals surface area contributed by atoms with Gasteiger partial charge in [-0.05, 0) is 59.7 Å². The molecule has 2 aliphatic heterocycles. The third-order valence-corrected chi connectivity index (χ3v) is 6.02. The Hall–Kier alpha value is -2.61. The van der Waals surface area contributed by atoms with Gasteiger partial charge in [-0.25, -0.2) is 9.37 Å². The Balaban J connectivity index is 1.51. The van der Waals surface area contributed by atoms with Crippen LogP contribution in [-0.4, -0.2) is 45.8 Å². The first kappa shape index (κ1) is 19.7. The maximum atomic E-state index is 14.4. The fourth-order valence-corrected chi connectivity index (χ4v) is 4.30. The number of ether oxygens (including phenoxy) is 2. The molecule has 7 nitrogen and oxygen atoms in total. The van der Waals surface area contributed by atoms with E-state index in [1.165, 1.54) is 6.20 Å². The Kier molecular flexibility index (Phi) is 4.77. The largest absolute Gasteiger partial charge is 0.454 e. The van der Waals surface area contributed by atoms with Gasteiger partial charge < -0.3 is 20.1 Å². The summed E-state index contributed by atoms with van der Waals surface area (Å²) in [6.45, 7) is 9.07. The molecule has 2 aliphatic rings.